The number of benzene rings is 2. The normalized spacial score (nSPS) is 12.2. The fourth-order valence-corrected chi connectivity index (χ4v) is 2.44. The molecule has 0 saturated heterocycles. The van der Waals surface area contributed by atoms with Crippen LogP contribution >= 0.6 is 11.6 Å². The van der Waals surface area contributed by atoms with Gasteiger partial charge in [0.15, 0.2) is 0 Å². The molecular formula is C16H18ClNO. The van der Waals surface area contributed by atoms with Crippen LogP contribution in [-0.4, -0.2) is 13.7 Å². The van der Waals surface area contributed by atoms with Gasteiger partial charge in [-0.25, -0.2) is 0 Å². The molecule has 0 aliphatic heterocycles. The van der Waals surface area contributed by atoms with E-state index < -0.39 is 0 Å². The van der Waals surface area contributed by atoms with Crippen LogP contribution in [0.4, 0.5) is 0 Å². The first kappa shape index (κ1) is 13.9. The van der Waals surface area contributed by atoms with Gasteiger partial charge in [0.1, 0.15) is 5.75 Å². The lowest BCUT2D eigenvalue weighted by Gasteiger charge is -2.21. The molecule has 0 aromatic heterocycles. The van der Waals surface area contributed by atoms with E-state index in [1.54, 1.807) is 0 Å². The lowest BCUT2D eigenvalue weighted by Crippen LogP contribution is -2.19. The lowest BCUT2D eigenvalue weighted by molar-refractivity contribution is 0.334. The monoisotopic (exact) mass is 275 g/mol. The van der Waals surface area contributed by atoms with Gasteiger partial charge in [0.25, 0.3) is 0 Å². The topological polar surface area (TPSA) is 21.3 Å². The summed E-state index contributed by atoms with van der Waals surface area (Å²) in [5.41, 5.74) is 2.15. The summed E-state index contributed by atoms with van der Waals surface area (Å²) in [6.07, 6.45) is 0. The maximum Gasteiger partial charge on any atom is 0.124 e. The first-order valence-electron chi connectivity index (χ1n) is 6.41. The van der Waals surface area contributed by atoms with Gasteiger partial charge in [0, 0.05) is 10.6 Å². The molecule has 2 aromatic carbocycles. The van der Waals surface area contributed by atoms with Crippen LogP contribution in [0.15, 0.2) is 48.5 Å². The highest BCUT2D eigenvalue weighted by Gasteiger charge is 2.18. The Morgan fingerprint density at radius 3 is 2.32 bits per heavy atom. The fourth-order valence-electron chi connectivity index (χ4n) is 2.19. The van der Waals surface area contributed by atoms with Crippen molar-refractivity contribution in [3.63, 3.8) is 0 Å². The Labute approximate surface area is 119 Å². The number of rotatable bonds is 5. The molecule has 0 aliphatic rings. The zero-order valence-corrected chi connectivity index (χ0v) is 11.9. The molecule has 3 heteroatoms. The summed E-state index contributed by atoms with van der Waals surface area (Å²) in [6, 6.07) is 15.9. The Morgan fingerprint density at radius 1 is 1.05 bits per heavy atom. The van der Waals surface area contributed by atoms with Gasteiger partial charge < -0.3 is 10.1 Å². The minimum absolute atomic E-state index is 0.0245. The second kappa shape index (κ2) is 6.60. The number of para-hydroxylation sites is 1. The van der Waals surface area contributed by atoms with Crippen LogP contribution in [0.1, 0.15) is 24.1 Å². The van der Waals surface area contributed by atoms with E-state index in [0.29, 0.717) is 6.61 Å². The van der Waals surface area contributed by atoms with Crippen LogP contribution in [0, 0.1) is 0 Å². The molecule has 2 rings (SSSR count). The minimum Gasteiger partial charge on any atom is -0.494 e. The van der Waals surface area contributed by atoms with Gasteiger partial charge in [-0.05, 0) is 31.7 Å². The van der Waals surface area contributed by atoms with Gasteiger partial charge in [0.05, 0.1) is 12.6 Å². The quantitative estimate of drug-likeness (QED) is 0.889. The first-order valence-corrected chi connectivity index (χ1v) is 6.79. The molecule has 0 bridgehead atoms. The maximum absolute atomic E-state index is 6.30. The Morgan fingerprint density at radius 2 is 1.68 bits per heavy atom. The molecule has 100 valence electrons. The predicted molar refractivity (Wildman–Crippen MR) is 80.0 cm³/mol. The molecular weight excluding hydrogens is 258 g/mol. The van der Waals surface area contributed by atoms with E-state index in [9.17, 15) is 0 Å². The predicted octanol–water partition coefficient (Wildman–Crippen LogP) is 4.05. The summed E-state index contributed by atoms with van der Waals surface area (Å²) in [4.78, 5) is 0. The number of halogens is 1. The highest BCUT2D eigenvalue weighted by atomic mass is 35.5. The Balaban J connectivity index is 2.45. The van der Waals surface area contributed by atoms with Crippen LogP contribution in [0.25, 0.3) is 0 Å². The van der Waals surface area contributed by atoms with E-state index in [4.69, 9.17) is 16.3 Å². The lowest BCUT2D eigenvalue weighted by atomic mass is 9.98. The van der Waals surface area contributed by atoms with Crippen molar-refractivity contribution >= 4 is 11.6 Å². The number of nitrogens with one attached hydrogen (secondary N) is 1. The van der Waals surface area contributed by atoms with Gasteiger partial charge in [-0.3, -0.25) is 0 Å². The molecule has 0 spiro atoms. The highest BCUT2D eigenvalue weighted by molar-refractivity contribution is 6.31. The van der Waals surface area contributed by atoms with Crippen molar-refractivity contribution in [1.82, 2.24) is 5.32 Å². The van der Waals surface area contributed by atoms with Crippen molar-refractivity contribution < 1.29 is 4.74 Å². The van der Waals surface area contributed by atoms with Gasteiger partial charge >= 0.3 is 0 Å². The van der Waals surface area contributed by atoms with Crippen molar-refractivity contribution in [2.75, 3.05) is 13.7 Å². The van der Waals surface area contributed by atoms with Gasteiger partial charge in [-0.1, -0.05) is 48.0 Å². The summed E-state index contributed by atoms with van der Waals surface area (Å²) in [5.74, 6) is 0.893. The largest absolute Gasteiger partial charge is 0.494 e. The smallest absolute Gasteiger partial charge is 0.124 e. The number of hydrogen-bond acceptors (Lipinski definition) is 2. The SMILES string of the molecule is CCOc1ccccc1C(NC)c1ccccc1Cl. The zero-order chi connectivity index (χ0) is 13.7. The second-order valence-electron chi connectivity index (χ2n) is 4.21. The van der Waals surface area contributed by atoms with Crippen LogP contribution in [0.2, 0.25) is 5.02 Å². The van der Waals surface area contributed by atoms with E-state index in [0.717, 1.165) is 21.9 Å². The fraction of sp³-hybridized carbons (Fsp3) is 0.250. The minimum atomic E-state index is 0.0245. The maximum atomic E-state index is 6.30. The van der Waals surface area contributed by atoms with E-state index in [2.05, 4.69) is 11.4 Å². The molecule has 2 nitrogen and oxygen atoms in total. The molecule has 1 atom stereocenters. The molecule has 0 heterocycles. The third-order valence-corrected chi connectivity index (χ3v) is 3.38. The van der Waals surface area contributed by atoms with Crippen molar-refractivity contribution in [1.29, 1.82) is 0 Å². The molecule has 1 N–H and O–H groups in total. The Bertz CT molecular complexity index is 542. The average Bonchev–Trinajstić information content (AvgIpc) is 2.44. The zero-order valence-electron chi connectivity index (χ0n) is 11.2. The summed E-state index contributed by atoms with van der Waals surface area (Å²) >= 11 is 6.30. The second-order valence-corrected chi connectivity index (χ2v) is 4.62. The molecule has 0 amide bonds. The van der Waals surface area contributed by atoms with Crippen LogP contribution in [0.5, 0.6) is 5.75 Å². The molecule has 0 aliphatic carbocycles. The third kappa shape index (κ3) is 3.09. The number of ether oxygens (including phenoxy) is 1. The van der Waals surface area contributed by atoms with Gasteiger partial charge in [-0.2, -0.15) is 0 Å². The summed E-state index contributed by atoms with van der Waals surface area (Å²) in [5, 5.41) is 4.07. The summed E-state index contributed by atoms with van der Waals surface area (Å²) < 4.78 is 5.70. The highest BCUT2D eigenvalue weighted by Crippen LogP contribution is 2.33. The van der Waals surface area contributed by atoms with Crippen molar-refractivity contribution in [2.45, 2.75) is 13.0 Å². The van der Waals surface area contributed by atoms with E-state index in [1.807, 2.05) is 56.4 Å². The molecule has 1 unspecified atom stereocenters. The van der Waals surface area contributed by atoms with Crippen molar-refractivity contribution in [3.05, 3.63) is 64.7 Å². The number of hydrogen-bond donors (Lipinski definition) is 1. The van der Waals surface area contributed by atoms with E-state index in [1.165, 1.54) is 0 Å². The third-order valence-electron chi connectivity index (χ3n) is 3.03. The average molecular weight is 276 g/mol. The Kier molecular flexibility index (Phi) is 4.83. The molecule has 0 radical (unpaired) electrons. The first-order chi connectivity index (χ1) is 9.27. The molecule has 0 saturated carbocycles. The van der Waals surface area contributed by atoms with Crippen molar-refractivity contribution in [3.8, 4) is 5.75 Å². The molecule has 19 heavy (non-hydrogen) atoms. The molecule has 0 fully saturated rings. The van der Waals surface area contributed by atoms with Gasteiger partial charge in [-0.15, -0.1) is 0 Å². The van der Waals surface area contributed by atoms with E-state index in [-0.39, 0.29) is 6.04 Å². The van der Waals surface area contributed by atoms with Gasteiger partial charge in [0.2, 0.25) is 0 Å². The standard InChI is InChI=1S/C16H18ClNO/c1-3-19-15-11-7-5-9-13(15)16(18-2)12-8-4-6-10-14(12)17/h4-11,16,18H,3H2,1-2H3. The van der Waals surface area contributed by atoms with E-state index >= 15 is 0 Å². The summed E-state index contributed by atoms with van der Waals surface area (Å²) in [6.45, 7) is 2.64. The van der Waals surface area contributed by atoms with Crippen molar-refractivity contribution in [2.24, 2.45) is 0 Å². The van der Waals surface area contributed by atoms with Crippen LogP contribution in [0.3, 0.4) is 0 Å². The summed E-state index contributed by atoms with van der Waals surface area (Å²) in [7, 11) is 1.93. The molecule has 2 aromatic rings. The Hall–Kier alpha value is -1.51. The van der Waals surface area contributed by atoms with Crippen LogP contribution < -0.4 is 10.1 Å². The van der Waals surface area contributed by atoms with Crippen LogP contribution in [-0.2, 0) is 0 Å².